The molecule has 1 atom stereocenters. The van der Waals surface area contributed by atoms with Crippen LogP contribution in [0, 0.1) is 5.92 Å². The first-order valence-corrected chi connectivity index (χ1v) is 7.67. The fourth-order valence-corrected chi connectivity index (χ4v) is 2.86. The quantitative estimate of drug-likeness (QED) is 0.706. The molecule has 3 N–H and O–H groups in total. The Morgan fingerprint density at radius 2 is 1.91 bits per heavy atom. The minimum Gasteiger partial charge on any atom is -0.398 e. The molecule has 3 aromatic rings. The number of hydrogen-bond donors (Lipinski definition) is 2. The van der Waals surface area contributed by atoms with Crippen LogP contribution in [0.15, 0.2) is 36.4 Å². The van der Waals surface area contributed by atoms with E-state index in [0.29, 0.717) is 11.7 Å². The van der Waals surface area contributed by atoms with E-state index < -0.39 is 0 Å². The van der Waals surface area contributed by atoms with Gasteiger partial charge in [0, 0.05) is 17.0 Å². The minimum atomic E-state index is 0.0748. The Bertz CT molecular complexity index is 749. The normalized spacial score (nSPS) is 12.9. The zero-order valence-electron chi connectivity index (χ0n) is 13.0. The van der Waals surface area contributed by atoms with Gasteiger partial charge in [-0.2, -0.15) is 5.21 Å². The van der Waals surface area contributed by atoms with Gasteiger partial charge in [0.15, 0.2) is 5.82 Å². The minimum absolute atomic E-state index is 0.0748. The predicted octanol–water partition coefficient (Wildman–Crippen LogP) is 3.50. The number of nitrogen functional groups attached to an aromatic ring is 1. The Morgan fingerprint density at radius 1 is 1.09 bits per heavy atom. The van der Waals surface area contributed by atoms with E-state index in [-0.39, 0.29) is 5.92 Å². The molecule has 1 aromatic heterocycles. The first-order chi connectivity index (χ1) is 10.7. The van der Waals surface area contributed by atoms with Crippen molar-refractivity contribution in [1.82, 2.24) is 20.6 Å². The lowest BCUT2D eigenvalue weighted by Crippen LogP contribution is -2.08. The number of anilines is 1. The molecule has 0 aliphatic heterocycles. The number of benzene rings is 2. The average molecular weight is 295 g/mol. The number of nitrogens with zero attached hydrogens (tertiary/aromatic N) is 3. The Labute approximate surface area is 129 Å². The molecule has 0 fully saturated rings. The van der Waals surface area contributed by atoms with Gasteiger partial charge in [-0.15, -0.1) is 10.2 Å². The number of nitrogens with one attached hydrogen (secondary N) is 1. The van der Waals surface area contributed by atoms with E-state index in [9.17, 15) is 0 Å². The summed E-state index contributed by atoms with van der Waals surface area (Å²) in [5.41, 5.74) is 8.35. The van der Waals surface area contributed by atoms with Crippen LogP contribution >= 0.6 is 0 Å². The van der Waals surface area contributed by atoms with Gasteiger partial charge in [-0.25, -0.2) is 0 Å². The van der Waals surface area contributed by atoms with Crippen LogP contribution in [0.4, 0.5) is 5.69 Å². The number of fused-ring (bicyclic) bond motifs is 1. The van der Waals surface area contributed by atoms with Crippen molar-refractivity contribution in [3.05, 3.63) is 47.8 Å². The molecule has 0 bridgehead atoms. The van der Waals surface area contributed by atoms with Gasteiger partial charge in [0.25, 0.3) is 0 Å². The highest BCUT2D eigenvalue weighted by molar-refractivity contribution is 5.94. The summed E-state index contributed by atoms with van der Waals surface area (Å²) in [5, 5.41) is 16.9. The fraction of sp³-hybridized carbons (Fsp3) is 0.353. The zero-order chi connectivity index (χ0) is 15.5. The van der Waals surface area contributed by atoms with E-state index in [4.69, 9.17) is 5.73 Å². The number of tetrazole rings is 1. The van der Waals surface area contributed by atoms with Crippen LogP contribution in [0.2, 0.25) is 0 Å². The SMILES string of the molecule is CC(C)CCC(c1nn[nH]n1)c1ccc2ccccc2c1N. The molecule has 1 unspecified atom stereocenters. The highest BCUT2D eigenvalue weighted by Crippen LogP contribution is 2.35. The molecular weight excluding hydrogens is 274 g/mol. The van der Waals surface area contributed by atoms with Crippen LogP contribution < -0.4 is 5.73 Å². The van der Waals surface area contributed by atoms with Crippen LogP contribution in [-0.4, -0.2) is 20.6 Å². The second kappa shape index (κ2) is 6.13. The van der Waals surface area contributed by atoms with Crippen LogP contribution in [0.3, 0.4) is 0 Å². The van der Waals surface area contributed by atoms with Gasteiger partial charge in [0.2, 0.25) is 0 Å². The summed E-state index contributed by atoms with van der Waals surface area (Å²) in [6, 6.07) is 12.4. The lowest BCUT2D eigenvalue weighted by atomic mass is 9.88. The fourth-order valence-electron chi connectivity index (χ4n) is 2.86. The second-order valence-corrected chi connectivity index (χ2v) is 6.08. The Kier molecular flexibility index (Phi) is 4.04. The summed E-state index contributed by atoms with van der Waals surface area (Å²) in [6.45, 7) is 4.44. The number of rotatable bonds is 5. The number of aromatic nitrogens is 4. The summed E-state index contributed by atoms with van der Waals surface area (Å²) < 4.78 is 0. The van der Waals surface area contributed by atoms with Crippen LogP contribution in [-0.2, 0) is 0 Å². The van der Waals surface area contributed by atoms with Gasteiger partial charge >= 0.3 is 0 Å². The molecule has 0 aliphatic rings. The van der Waals surface area contributed by atoms with Crippen molar-refractivity contribution in [2.45, 2.75) is 32.6 Å². The van der Waals surface area contributed by atoms with Gasteiger partial charge in [-0.05, 0) is 29.7 Å². The lowest BCUT2D eigenvalue weighted by Gasteiger charge is -2.18. The number of nitrogens with two attached hydrogens (primary N) is 1. The molecule has 3 rings (SSSR count). The molecule has 5 heteroatoms. The summed E-state index contributed by atoms with van der Waals surface area (Å²) in [6.07, 6.45) is 2.05. The summed E-state index contributed by atoms with van der Waals surface area (Å²) in [7, 11) is 0. The van der Waals surface area contributed by atoms with Gasteiger partial charge in [-0.3, -0.25) is 0 Å². The summed E-state index contributed by atoms with van der Waals surface area (Å²) in [5.74, 6) is 1.41. The maximum atomic E-state index is 6.45. The first-order valence-electron chi connectivity index (χ1n) is 7.67. The Hall–Kier alpha value is -2.43. The molecule has 114 valence electrons. The van der Waals surface area contributed by atoms with E-state index in [1.807, 2.05) is 12.1 Å². The molecule has 2 aromatic carbocycles. The van der Waals surface area contributed by atoms with Crippen LogP contribution in [0.5, 0.6) is 0 Å². The van der Waals surface area contributed by atoms with E-state index in [0.717, 1.165) is 34.9 Å². The summed E-state index contributed by atoms with van der Waals surface area (Å²) in [4.78, 5) is 0. The molecule has 0 spiro atoms. The van der Waals surface area contributed by atoms with Gasteiger partial charge in [-0.1, -0.05) is 55.5 Å². The monoisotopic (exact) mass is 295 g/mol. The number of hydrogen-bond acceptors (Lipinski definition) is 4. The third-order valence-corrected chi connectivity index (χ3v) is 4.09. The lowest BCUT2D eigenvalue weighted by molar-refractivity contribution is 0.520. The van der Waals surface area contributed by atoms with E-state index >= 15 is 0 Å². The molecule has 0 amide bonds. The average Bonchev–Trinajstić information content (AvgIpc) is 3.03. The highest BCUT2D eigenvalue weighted by Gasteiger charge is 2.22. The van der Waals surface area contributed by atoms with E-state index in [2.05, 4.69) is 58.7 Å². The maximum Gasteiger partial charge on any atom is 0.182 e. The van der Waals surface area contributed by atoms with E-state index in [1.165, 1.54) is 0 Å². The second-order valence-electron chi connectivity index (χ2n) is 6.08. The molecule has 0 radical (unpaired) electrons. The van der Waals surface area contributed by atoms with Crippen molar-refractivity contribution in [3.8, 4) is 0 Å². The third kappa shape index (κ3) is 2.79. The largest absolute Gasteiger partial charge is 0.398 e. The zero-order valence-corrected chi connectivity index (χ0v) is 13.0. The molecule has 0 saturated heterocycles. The van der Waals surface area contributed by atoms with Crippen molar-refractivity contribution >= 4 is 16.5 Å². The molecule has 0 saturated carbocycles. The third-order valence-electron chi connectivity index (χ3n) is 4.09. The number of aromatic amines is 1. The van der Waals surface area contributed by atoms with Crippen molar-refractivity contribution in [2.24, 2.45) is 5.92 Å². The molecule has 0 aliphatic carbocycles. The Morgan fingerprint density at radius 3 is 2.64 bits per heavy atom. The standard InChI is InChI=1S/C17H21N5/c1-11(2)7-9-15(17-19-21-22-20-17)14-10-8-12-5-3-4-6-13(12)16(14)18/h3-6,8,10-11,15H,7,9,18H2,1-2H3,(H,19,20,21,22). The molecule has 1 heterocycles. The Balaban J connectivity index is 2.05. The smallest absolute Gasteiger partial charge is 0.182 e. The van der Waals surface area contributed by atoms with Crippen molar-refractivity contribution in [2.75, 3.05) is 5.73 Å². The topological polar surface area (TPSA) is 80.5 Å². The van der Waals surface area contributed by atoms with Crippen LogP contribution in [0.25, 0.3) is 10.8 Å². The summed E-state index contributed by atoms with van der Waals surface area (Å²) >= 11 is 0. The molecule has 22 heavy (non-hydrogen) atoms. The predicted molar refractivity (Wildman–Crippen MR) is 88.5 cm³/mol. The molecule has 5 nitrogen and oxygen atoms in total. The van der Waals surface area contributed by atoms with Crippen molar-refractivity contribution in [1.29, 1.82) is 0 Å². The highest BCUT2D eigenvalue weighted by atomic mass is 15.5. The first kappa shape index (κ1) is 14.5. The van der Waals surface area contributed by atoms with Crippen molar-refractivity contribution in [3.63, 3.8) is 0 Å². The maximum absolute atomic E-state index is 6.45. The molecular formula is C17H21N5. The number of H-pyrrole nitrogens is 1. The van der Waals surface area contributed by atoms with Gasteiger partial charge in [0.1, 0.15) is 0 Å². The van der Waals surface area contributed by atoms with Gasteiger partial charge < -0.3 is 5.73 Å². The van der Waals surface area contributed by atoms with E-state index in [1.54, 1.807) is 0 Å². The van der Waals surface area contributed by atoms with Crippen LogP contribution in [0.1, 0.15) is 44.0 Å². The van der Waals surface area contributed by atoms with Crippen molar-refractivity contribution < 1.29 is 0 Å². The van der Waals surface area contributed by atoms with Gasteiger partial charge in [0.05, 0.1) is 0 Å².